The normalized spacial score (nSPS) is 10.8. The van der Waals surface area contributed by atoms with E-state index in [1.54, 1.807) is 13.8 Å². The van der Waals surface area contributed by atoms with Crippen LogP contribution in [-0.2, 0) is 11.2 Å². The van der Waals surface area contributed by atoms with Crippen LogP contribution in [0.25, 0.3) is 5.69 Å². The van der Waals surface area contributed by atoms with Crippen LogP contribution in [0.3, 0.4) is 0 Å². The smallest absolute Gasteiger partial charge is 0.335 e. The van der Waals surface area contributed by atoms with Gasteiger partial charge in [0.1, 0.15) is 11.4 Å². The lowest BCUT2D eigenvalue weighted by atomic mass is 10.2. The first-order valence-electron chi connectivity index (χ1n) is 12.7. The lowest BCUT2D eigenvalue weighted by Gasteiger charge is -2.16. The number of carbonyl (C=O) groups is 2. The van der Waals surface area contributed by atoms with Crippen molar-refractivity contribution in [1.82, 2.24) is 14.1 Å². The van der Waals surface area contributed by atoms with Crippen molar-refractivity contribution in [3.63, 3.8) is 0 Å². The molecule has 0 spiro atoms. The monoisotopic (exact) mass is 576 g/mol. The number of benzene rings is 2. The maximum absolute atomic E-state index is 15.1. The Morgan fingerprint density at radius 1 is 1.02 bits per heavy atom. The minimum atomic E-state index is -0.938. The predicted molar refractivity (Wildman–Crippen MR) is 152 cm³/mol. The van der Waals surface area contributed by atoms with Gasteiger partial charge in [-0.25, -0.2) is 18.1 Å². The fourth-order valence-electron chi connectivity index (χ4n) is 3.98. The highest BCUT2D eigenvalue weighted by atomic mass is 19.1. The Morgan fingerprint density at radius 3 is 2.36 bits per heavy atom. The van der Waals surface area contributed by atoms with Gasteiger partial charge in [0.2, 0.25) is 5.91 Å². The van der Waals surface area contributed by atoms with Gasteiger partial charge in [0, 0.05) is 49.6 Å². The second kappa shape index (κ2) is 12.4. The van der Waals surface area contributed by atoms with Gasteiger partial charge in [0.15, 0.2) is 17.3 Å². The highest BCUT2D eigenvalue weighted by Gasteiger charge is 2.21. The van der Waals surface area contributed by atoms with Crippen LogP contribution in [0, 0.1) is 17.0 Å². The molecule has 0 aliphatic carbocycles. The Bertz CT molecular complexity index is 1800. The molecule has 0 saturated heterocycles. The summed E-state index contributed by atoms with van der Waals surface area (Å²) in [6, 6.07) is 9.23. The summed E-state index contributed by atoms with van der Waals surface area (Å²) in [5, 5.41) is 12.4. The summed E-state index contributed by atoms with van der Waals surface area (Å²) in [4.78, 5) is 55.0. The molecule has 13 heteroatoms. The van der Waals surface area contributed by atoms with Crippen LogP contribution >= 0.6 is 0 Å². The predicted octanol–water partition coefficient (Wildman–Crippen LogP) is 4.45. The van der Waals surface area contributed by atoms with Gasteiger partial charge < -0.3 is 20.8 Å². The minimum absolute atomic E-state index is 0.00952. The SMILES string of the molecule is CC(=O)Nc1cnc(CC=N)c(Oc2ccc(NC(=O)c3cn(C(C)C)c(=O)n(-c4ccc(F)cc4)c3=O)cc2F)c1. The first-order chi connectivity index (χ1) is 20.0. The van der Waals surface area contributed by atoms with E-state index in [-0.39, 0.29) is 35.2 Å². The van der Waals surface area contributed by atoms with Gasteiger partial charge >= 0.3 is 5.69 Å². The molecule has 0 saturated carbocycles. The number of pyridine rings is 1. The summed E-state index contributed by atoms with van der Waals surface area (Å²) in [5.74, 6) is -2.80. The van der Waals surface area contributed by atoms with Crippen molar-refractivity contribution in [3.8, 4) is 17.2 Å². The number of nitrogens with one attached hydrogen (secondary N) is 3. The lowest BCUT2D eigenvalue weighted by Crippen LogP contribution is -2.42. The Hall–Kier alpha value is -5.46. The number of rotatable bonds is 9. The molecule has 0 aliphatic heterocycles. The van der Waals surface area contributed by atoms with Gasteiger partial charge in [-0.05, 0) is 50.2 Å². The van der Waals surface area contributed by atoms with E-state index in [9.17, 15) is 23.6 Å². The molecule has 3 N–H and O–H groups in total. The molecule has 0 radical (unpaired) electrons. The third-order valence-corrected chi connectivity index (χ3v) is 5.96. The fraction of sp³-hybridized carbons (Fsp3) is 0.172. The maximum Gasteiger partial charge on any atom is 0.335 e. The van der Waals surface area contributed by atoms with Gasteiger partial charge in [-0.1, -0.05) is 0 Å². The summed E-state index contributed by atoms with van der Waals surface area (Å²) < 4.78 is 36.2. The Labute approximate surface area is 237 Å². The quantitative estimate of drug-likeness (QED) is 0.251. The molecule has 4 rings (SSSR count). The van der Waals surface area contributed by atoms with Crippen LogP contribution in [0.1, 0.15) is 42.9 Å². The van der Waals surface area contributed by atoms with Crippen molar-refractivity contribution < 1.29 is 23.1 Å². The van der Waals surface area contributed by atoms with E-state index in [1.165, 1.54) is 48.0 Å². The van der Waals surface area contributed by atoms with Crippen LogP contribution < -0.4 is 26.6 Å². The molecule has 2 aromatic heterocycles. The fourth-order valence-corrected chi connectivity index (χ4v) is 3.98. The summed E-state index contributed by atoms with van der Waals surface area (Å²) in [6.07, 6.45) is 3.70. The molecule has 2 amide bonds. The molecule has 11 nitrogen and oxygen atoms in total. The maximum atomic E-state index is 15.1. The van der Waals surface area contributed by atoms with Gasteiger partial charge in [0.05, 0.1) is 23.3 Å². The molecule has 42 heavy (non-hydrogen) atoms. The summed E-state index contributed by atoms with van der Waals surface area (Å²) in [6.45, 7) is 4.69. The highest BCUT2D eigenvalue weighted by molar-refractivity contribution is 6.03. The first kappa shape index (κ1) is 29.5. The zero-order valence-electron chi connectivity index (χ0n) is 22.8. The first-order valence-corrected chi connectivity index (χ1v) is 12.7. The van der Waals surface area contributed by atoms with Crippen molar-refractivity contribution >= 4 is 29.4 Å². The second-order valence-corrected chi connectivity index (χ2v) is 9.40. The number of hydrogen-bond acceptors (Lipinski definition) is 7. The summed E-state index contributed by atoms with van der Waals surface area (Å²) in [5.41, 5.74) is -1.35. The number of ether oxygens (including phenoxy) is 1. The van der Waals surface area contributed by atoms with E-state index in [0.29, 0.717) is 11.4 Å². The molecule has 2 aromatic carbocycles. The minimum Gasteiger partial charge on any atom is -0.452 e. The number of hydrogen-bond donors (Lipinski definition) is 3. The van der Waals surface area contributed by atoms with Gasteiger partial charge in [0.25, 0.3) is 11.5 Å². The standard InChI is InChI=1S/C29H26F2N6O5/c1-16(2)36-15-22(28(40)37(29(36)41)21-7-4-18(30)5-8-21)27(39)35-19-6-9-25(23(31)12-19)42-26-13-20(34-17(3)38)14-33-24(26)10-11-32/h4-9,11-16,32H,10H2,1-3H3,(H,34,38)(H,35,39). The van der Waals surface area contributed by atoms with E-state index in [0.717, 1.165) is 35.2 Å². The molecule has 216 valence electrons. The molecule has 0 aliphatic rings. The number of amides is 2. The number of carbonyl (C=O) groups excluding carboxylic acids is 2. The largest absolute Gasteiger partial charge is 0.452 e. The van der Waals surface area contributed by atoms with E-state index in [4.69, 9.17) is 10.1 Å². The topological polar surface area (TPSA) is 148 Å². The van der Waals surface area contributed by atoms with E-state index in [2.05, 4.69) is 15.6 Å². The summed E-state index contributed by atoms with van der Waals surface area (Å²) >= 11 is 0. The third-order valence-electron chi connectivity index (χ3n) is 5.96. The van der Waals surface area contributed by atoms with Crippen LogP contribution in [0.15, 0.2) is 70.5 Å². The molecular formula is C29H26F2N6O5. The second-order valence-electron chi connectivity index (χ2n) is 9.40. The van der Waals surface area contributed by atoms with Crippen LogP contribution in [0.5, 0.6) is 11.5 Å². The molecule has 2 heterocycles. The molecule has 0 fully saturated rings. The van der Waals surface area contributed by atoms with E-state index < -0.39 is 40.4 Å². The van der Waals surface area contributed by atoms with Gasteiger partial charge in [-0.15, -0.1) is 0 Å². The third kappa shape index (κ3) is 6.46. The van der Waals surface area contributed by atoms with E-state index in [1.807, 2.05) is 0 Å². The zero-order chi connectivity index (χ0) is 30.6. The number of aromatic nitrogens is 3. The molecule has 0 unspecified atom stereocenters. The number of halogens is 2. The van der Waals surface area contributed by atoms with E-state index >= 15 is 4.39 Å². The lowest BCUT2D eigenvalue weighted by molar-refractivity contribution is -0.114. The average Bonchev–Trinajstić information content (AvgIpc) is 2.92. The number of anilines is 2. The van der Waals surface area contributed by atoms with Crippen molar-refractivity contribution in [1.29, 1.82) is 5.41 Å². The average molecular weight is 577 g/mol. The van der Waals surface area contributed by atoms with Crippen molar-refractivity contribution in [2.75, 3.05) is 10.6 Å². The summed E-state index contributed by atoms with van der Waals surface area (Å²) in [7, 11) is 0. The van der Waals surface area contributed by atoms with Crippen LogP contribution in [0.4, 0.5) is 20.2 Å². The Balaban J connectivity index is 1.65. The van der Waals surface area contributed by atoms with Gasteiger partial charge in [-0.2, -0.15) is 0 Å². The number of nitrogens with zero attached hydrogens (tertiary/aromatic N) is 3. The van der Waals surface area contributed by atoms with Gasteiger partial charge in [-0.3, -0.25) is 23.9 Å². The molecule has 0 bridgehead atoms. The zero-order valence-corrected chi connectivity index (χ0v) is 22.8. The van der Waals surface area contributed by atoms with Crippen LogP contribution in [-0.4, -0.2) is 32.1 Å². The van der Waals surface area contributed by atoms with Crippen molar-refractivity contribution in [2.45, 2.75) is 33.2 Å². The van der Waals surface area contributed by atoms with Crippen molar-refractivity contribution in [2.24, 2.45) is 0 Å². The van der Waals surface area contributed by atoms with Crippen LogP contribution in [0.2, 0.25) is 0 Å². The highest BCUT2D eigenvalue weighted by Crippen LogP contribution is 2.30. The molecule has 0 atom stereocenters. The molecular weight excluding hydrogens is 550 g/mol. The van der Waals surface area contributed by atoms with Crippen molar-refractivity contribution in [3.05, 3.63) is 105 Å². The Kier molecular flexibility index (Phi) is 8.70. The Morgan fingerprint density at radius 2 is 1.74 bits per heavy atom. The molecule has 4 aromatic rings.